The smallest absolute Gasteiger partial charge is 0.345 e. The molecule has 0 aliphatic carbocycles. The molecule has 3 nitrogen and oxygen atoms in total. The minimum atomic E-state index is -0.640. The van der Waals surface area contributed by atoms with Crippen LogP contribution in [0.4, 0.5) is 0 Å². The number of cyclic esters (lactones) is 1. The number of halogens is 1. The molecule has 0 bridgehead atoms. The lowest BCUT2D eigenvalue weighted by Crippen LogP contribution is -2.21. The summed E-state index contributed by atoms with van der Waals surface area (Å²) >= 11 is 2.99. The molecule has 10 heavy (non-hydrogen) atoms. The fourth-order valence-corrected chi connectivity index (χ4v) is 1.02. The summed E-state index contributed by atoms with van der Waals surface area (Å²) < 4.78 is 5.09. The van der Waals surface area contributed by atoms with Crippen molar-refractivity contribution in [2.75, 3.05) is 0 Å². The van der Waals surface area contributed by atoms with Crippen LogP contribution in [0.2, 0.25) is 0 Å². The Morgan fingerprint density at radius 1 is 1.90 bits per heavy atom. The van der Waals surface area contributed by atoms with E-state index < -0.39 is 18.2 Å². The fraction of sp³-hybridized carbons (Fsp3) is 0.500. The quantitative estimate of drug-likeness (QED) is 0.639. The molecule has 1 aliphatic rings. The van der Waals surface area contributed by atoms with E-state index in [4.69, 9.17) is 9.84 Å². The van der Waals surface area contributed by atoms with Crippen LogP contribution in [0, 0.1) is 0 Å². The Hall–Kier alpha value is -0.350. The molecule has 4 heteroatoms. The van der Waals surface area contributed by atoms with Gasteiger partial charge in [-0.15, -0.1) is 0 Å². The van der Waals surface area contributed by atoms with Gasteiger partial charge in [0.15, 0.2) is 0 Å². The van der Waals surface area contributed by atoms with E-state index in [0.29, 0.717) is 4.48 Å². The monoisotopic (exact) mass is 206 g/mol. The van der Waals surface area contributed by atoms with Gasteiger partial charge in [0.05, 0.1) is 6.10 Å². The molecule has 1 heterocycles. The molecule has 56 valence electrons. The molecule has 0 saturated heterocycles. The Balaban J connectivity index is 2.65. The molecule has 1 N–H and O–H groups in total. The van der Waals surface area contributed by atoms with E-state index in [2.05, 4.69) is 15.9 Å². The van der Waals surface area contributed by atoms with Gasteiger partial charge < -0.3 is 9.84 Å². The number of esters is 1. The Kier molecular flexibility index (Phi) is 2.11. The lowest BCUT2D eigenvalue weighted by molar-refractivity contribution is -0.142. The van der Waals surface area contributed by atoms with Crippen LogP contribution in [0.15, 0.2) is 10.6 Å². The van der Waals surface area contributed by atoms with E-state index in [-0.39, 0.29) is 0 Å². The molecule has 0 amide bonds. The number of aliphatic hydroxyl groups is 1. The zero-order valence-corrected chi connectivity index (χ0v) is 6.96. The Morgan fingerprint density at radius 3 is 2.70 bits per heavy atom. The highest BCUT2D eigenvalue weighted by atomic mass is 79.9. The Morgan fingerprint density at radius 2 is 2.50 bits per heavy atom. The van der Waals surface area contributed by atoms with E-state index in [9.17, 15) is 4.79 Å². The van der Waals surface area contributed by atoms with Crippen LogP contribution in [-0.2, 0) is 9.53 Å². The molecule has 0 aromatic carbocycles. The summed E-state index contributed by atoms with van der Waals surface area (Å²) in [4.78, 5) is 10.6. The van der Waals surface area contributed by atoms with Gasteiger partial charge in [0.25, 0.3) is 0 Å². The summed E-state index contributed by atoms with van der Waals surface area (Å²) in [6.45, 7) is 1.57. The first-order chi connectivity index (χ1) is 4.61. The summed E-state index contributed by atoms with van der Waals surface area (Å²) in [7, 11) is 0. The fourth-order valence-electron chi connectivity index (χ4n) is 0.664. The van der Waals surface area contributed by atoms with Crippen LogP contribution in [0.5, 0.6) is 0 Å². The molecular formula is C6H7BrO3. The lowest BCUT2D eigenvalue weighted by Gasteiger charge is -2.09. The molecule has 0 fully saturated rings. The van der Waals surface area contributed by atoms with Crippen LogP contribution >= 0.6 is 15.9 Å². The minimum absolute atomic E-state index is 0.387. The van der Waals surface area contributed by atoms with Crippen molar-refractivity contribution < 1.29 is 14.6 Å². The predicted octanol–water partition coefficient (Wildman–Crippen LogP) is 0.571. The van der Waals surface area contributed by atoms with Gasteiger partial charge in [0.2, 0.25) is 0 Å². The zero-order valence-electron chi connectivity index (χ0n) is 5.37. The summed E-state index contributed by atoms with van der Waals surface area (Å²) in [5, 5.41) is 8.95. The van der Waals surface area contributed by atoms with E-state index in [0.717, 1.165) is 0 Å². The largest absolute Gasteiger partial charge is 0.451 e. The molecule has 0 saturated carbocycles. The second kappa shape index (κ2) is 2.72. The van der Waals surface area contributed by atoms with Crippen molar-refractivity contribution in [1.29, 1.82) is 0 Å². The van der Waals surface area contributed by atoms with Gasteiger partial charge in [0, 0.05) is 0 Å². The standard InChI is InChI=1S/C6H7BrO3/c1-3(8)5-2-4(7)6(9)10-5/h2-3,5,8H,1H3/t3-,5?/m1/s1. The third-order valence-corrected chi connectivity index (χ3v) is 1.81. The maximum atomic E-state index is 10.6. The van der Waals surface area contributed by atoms with Crippen molar-refractivity contribution in [2.24, 2.45) is 0 Å². The highest BCUT2D eigenvalue weighted by Gasteiger charge is 2.26. The first-order valence-corrected chi connectivity index (χ1v) is 3.67. The normalized spacial score (nSPS) is 27.7. The van der Waals surface area contributed by atoms with Gasteiger partial charge in [0.1, 0.15) is 10.6 Å². The number of hydrogen-bond donors (Lipinski definition) is 1. The maximum Gasteiger partial charge on any atom is 0.345 e. The van der Waals surface area contributed by atoms with Crippen LogP contribution < -0.4 is 0 Å². The molecular weight excluding hydrogens is 200 g/mol. The van der Waals surface area contributed by atoms with Crippen LogP contribution in [0.3, 0.4) is 0 Å². The van der Waals surface area contributed by atoms with Crippen molar-refractivity contribution in [3.63, 3.8) is 0 Å². The Labute approximate surface area is 66.8 Å². The van der Waals surface area contributed by atoms with Crippen LogP contribution in [0.25, 0.3) is 0 Å². The summed E-state index contributed by atoms with van der Waals surface area (Å²) in [5.74, 6) is -0.411. The van der Waals surface area contributed by atoms with Gasteiger partial charge in [-0.1, -0.05) is 0 Å². The predicted molar refractivity (Wildman–Crippen MR) is 38.6 cm³/mol. The van der Waals surface area contributed by atoms with Crippen LogP contribution in [-0.4, -0.2) is 23.3 Å². The minimum Gasteiger partial charge on any atom is -0.451 e. The number of rotatable bonds is 1. The van der Waals surface area contributed by atoms with Crippen molar-refractivity contribution in [2.45, 2.75) is 19.1 Å². The number of carbonyl (C=O) groups excluding carboxylic acids is 1. The number of hydrogen-bond acceptors (Lipinski definition) is 3. The first kappa shape index (κ1) is 7.75. The highest BCUT2D eigenvalue weighted by molar-refractivity contribution is 9.12. The Bertz CT molecular complexity index is 185. The summed E-state index contributed by atoms with van der Waals surface area (Å²) in [5.41, 5.74) is 0. The maximum absolute atomic E-state index is 10.6. The molecule has 0 spiro atoms. The summed E-state index contributed by atoms with van der Waals surface area (Å²) in [6, 6.07) is 0. The molecule has 0 aromatic heterocycles. The third kappa shape index (κ3) is 1.38. The average molecular weight is 207 g/mol. The molecule has 1 aliphatic heterocycles. The average Bonchev–Trinajstić information content (AvgIpc) is 2.13. The zero-order chi connectivity index (χ0) is 7.72. The second-order valence-corrected chi connectivity index (χ2v) is 2.98. The van der Waals surface area contributed by atoms with Gasteiger partial charge in [-0.05, 0) is 28.9 Å². The topological polar surface area (TPSA) is 46.5 Å². The third-order valence-electron chi connectivity index (χ3n) is 1.22. The molecule has 2 atom stereocenters. The van der Waals surface area contributed by atoms with E-state index in [1.165, 1.54) is 0 Å². The first-order valence-electron chi connectivity index (χ1n) is 2.87. The van der Waals surface area contributed by atoms with Gasteiger partial charge in [-0.25, -0.2) is 4.79 Å². The number of aliphatic hydroxyl groups excluding tert-OH is 1. The molecule has 0 radical (unpaired) electrons. The van der Waals surface area contributed by atoms with Gasteiger partial charge >= 0.3 is 5.97 Å². The van der Waals surface area contributed by atoms with Crippen molar-refractivity contribution >= 4 is 21.9 Å². The molecule has 1 unspecified atom stereocenters. The SMILES string of the molecule is C[C@@H](O)C1C=C(Br)C(=O)O1. The second-order valence-electron chi connectivity index (χ2n) is 2.13. The van der Waals surface area contributed by atoms with E-state index in [1.807, 2.05) is 0 Å². The molecule has 0 aromatic rings. The van der Waals surface area contributed by atoms with E-state index in [1.54, 1.807) is 13.0 Å². The molecule has 1 rings (SSSR count). The highest BCUT2D eigenvalue weighted by Crippen LogP contribution is 2.20. The lowest BCUT2D eigenvalue weighted by atomic mass is 10.2. The van der Waals surface area contributed by atoms with Crippen molar-refractivity contribution in [1.82, 2.24) is 0 Å². The summed E-state index contributed by atoms with van der Waals surface area (Å²) in [6.07, 6.45) is 0.424. The van der Waals surface area contributed by atoms with Crippen molar-refractivity contribution in [3.05, 3.63) is 10.6 Å². The van der Waals surface area contributed by atoms with Crippen LogP contribution in [0.1, 0.15) is 6.92 Å². The number of ether oxygens (including phenoxy) is 1. The van der Waals surface area contributed by atoms with Gasteiger partial charge in [-0.3, -0.25) is 0 Å². The van der Waals surface area contributed by atoms with Crippen molar-refractivity contribution in [3.8, 4) is 0 Å². The van der Waals surface area contributed by atoms with E-state index >= 15 is 0 Å². The van der Waals surface area contributed by atoms with Gasteiger partial charge in [-0.2, -0.15) is 0 Å². The number of carbonyl (C=O) groups is 1.